The summed E-state index contributed by atoms with van der Waals surface area (Å²) in [6.45, 7) is 0.434. The average molecular weight is 261 g/mol. The van der Waals surface area contributed by atoms with Gasteiger partial charge in [-0.2, -0.15) is 0 Å². The molecule has 1 aromatic heterocycles. The molecule has 0 saturated heterocycles. The molecule has 1 saturated carbocycles. The van der Waals surface area contributed by atoms with Gasteiger partial charge in [-0.25, -0.2) is 4.39 Å². The van der Waals surface area contributed by atoms with Crippen LogP contribution in [0.5, 0.6) is 0 Å². The molecule has 2 N–H and O–H groups in total. The molecule has 0 bridgehead atoms. The third-order valence-electron chi connectivity index (χ3n) is 3.41. The summed E-state index contributed by atoms with van der Waals surface area (Å²) in [6.07, 6.45) is 2.95. The highest BCUT2D eigenvalue weighted by atomic mass is 19.1. The van der Waals surface area contributed by atoms with E-state index in [4.69, 9.17) is 10.2 Å². The lowest BCUT2D eigenvalue weighted by molar-refractivity contribution is 0.415. The lowest BCUT2D eigenvalue weighted by atomic mass is 9.99. The van der Waals surface area contributed by atoms with Gasteiger partial charge in [0.15, 0.2) is 0 Å². The Kier molecular flexibility index (Phi) is 3.29. The van der Waals surface area contributed by atoms with Crippen LogP contribution in [0, 0.1) is 5.82 Å². The van der Waals surface area contributed by atoms with Gasteiger partial charge in [-0.3, -0.25) is 0 Å². The molecular weight excluding hydrogens is 245 g/mol. The molecule has 5 heteroatoms. The van der Waals surface area contributed by atoms with E-state index < -0.39 is 0 Å². The van der Waals surface area contributed by atoms with Crippen LogP contribution in [0.4, 0.5) is 4.39 Å². The van der Waals surface area contributed by atoms with Crippen molar-refractivity contribution >= 4 is 0 Å². The Morgan fingerprint density at radius 2 is 2.00 bits per heavy atom. The fraction of sp³-hybridized carbons (Fsp3) is 0.429. The molecule has 1 atom stereocenters. The normalized spacial score (nSPS) is 16.5. The minimum atomic E-state index is -0.234. The van der Waals surface area contributed by atoms with Crippen molar-refractivity contribution < 1.29 is 8.81 Å². The highest BCUT2D eigenvalue weighted by Crippen LogP contribution is 2.39. The van der Waals surface area contributed by atoms with Crippen molar-refractivity contribution in [3.63, 3.8) is 0 Å². The summed E-state index contributed by atoms with van der Waals surface area (Å²) in [5.74, 6) is 1.53. The highest BCUT2D eigenvalue weighted by molar-refractivity contribution is 5.18. The summed E-state index contributed by atoms with van der Waals surface area (Å²) in [4.78, 5) is 0. The molecule has 0 spiro atoms. The lowest BCUT2D eigenvalue weighted by Crippen LogP contribution is -2.15. The maximum atomic E-state index is 12.9. The molecule has 0 radical (unpaired) electrons. The summed E-state index contributed by atoms with van der Waals surface area (Å²) in [6, 6.07) is 6.42. The van der Waals surface area contributed by atoms with Gasteiger partial charge in [0.1, 0.15) is 5.82 Å². The molecule has 0 aliphatic heterocycles. The van der Waals surface area contributed by atoms with Gasteiger partial charge in [-0.05, 0) is 37.0 Å². The van der Waals surface area contributed by atoms with E-state index in [1.807, 2.05) is 0 Å². The predicted octanol–water partition coefficient (Wildman–Crippen LogP) is 2.37. The monoisotopic (exact) mass is 261 g/mol. The van der Waals surface area contributed by atoms with Crippen LogP contribution in [0.15, 0.2) is 28.7 Å². The maximum absolute atomic E-state index is 12.9. The van der Waals surface area contributed by atoms with Crippen LogP contribution >= 0.6 is 0 Å². The number of hydrogen-bond donors (Lipinski definition) is 1. The number of rotatable bonds is 5. The topological polar surface area (TPSA) is 64.9 Å². The van der Waals surface area contributed by atoms with E-state index >= 15 is 0 Å². The summed E-state index contributed by atoms with van der Waals surface area (Å²) < 4.78 is 18.5. The van der Waals surface area contributed by atoms with Crippen LogP contribution < -0.4 is 5.73 Å². The van der Waals surface area contributed by atoms with Gasteiger partial charge >= 0.3 is 0 Å². The van der Waals surface area contributed by atoms with E-state index in [9.17, 15) is 4.39 Å². The number of benzene rings is 1. The average Bonchev–Trinajstić information content (AvgIpc) is 3.17. The summed E-state index contributed by atoms with van der Waals surface area (Å²) in [5, 5.41) is 8.16. The Hall–Kier alpha value is -1.75. The SMILES string of the molecule is NCC(Cc1ccc(F)cc1)c1nnc(C2CC2)o1. The van der Waals surface area contributed by atoms with E-state index in [-0.39, 0.29) is 11.7 Å². The summed E-state index contributed by atoms with van der Waals surface area (Å²) >= 11 is 0. The van der Waals surface area contributed by atoms with E-state index in [0.29, 0.717) is 24.8 Å². The number of nitrogens with two attached hydrogens (primary N) is 1. The second-order valence-corrected chi connectivity index (χ2v) is 5.02. The minimum absolute atomic E-state index is 0.00883. The van der Waals surface area contributed by atoms with Crippen molar-refractivity contribution in [2.24, 2.45) is 5.73 Å². The van der Waals surface area contributed by atoms with E-state index in [2.05, 4.69) is 10.2 Å². The molecule has 1 fully saturated rings. The van der Waals surface area contributed by atoms with Crippen LogP contribution in [0.1, 0.15) is 42.0 Å². The van der Waals surface area contributed by atoms with Gasteiger partial charge in [-0.1, -0.05) is 12.1 Å². The second-order valence-electron chi connectivity index (χ2n) is 5.02. The standard InChI is InChI=1S/C14H16FN3O/c15-12-5-1-9(2-6-12)7-11(8-16)14-18-17-13(19-14)10-3-4-10/h1-2,5-6,10-11H,3-4,7-8,16H2. The Balaban J connectivity index is 1.73. The first-order chi connectivity index (χ1) is 9.26. The zero-order valence-corrected chi connectivity index (χ0v) is 10.6. The second kappa shape index (κ2) is 5.09. The van der Waals surface area contributed by atoms with Gasteiger partial charge in [-0.15, -0.1) is 10.2 Å². The Morgan fingerprint density at radius 3 is 2.63 bits per heavy atom. The van der Waals surface area contributed by atoms with Crippen LogP contribution in [0.2, 0.25) is 0 Å². The highest BCUT2D eigenvalue weighted by Gasteiger charge is 2.30. The predicted molar refractivity (Wildman–Crippen MR) is 68.2 cm³/mol. The lowest BCUT2D eigenvalue weighted by Gasteiger charge is -2.10. The molecule has 1 aliphatic carbocycles. The van der Waals surface area contributed by atoms with Crippen molar-refractivity contribution in [1.82, 2.24) is 10.2 Å². The molecule has 19 heavy (non-hydrogen) atoms. The Bertz CT molecular complexity index is 548. The third kappa shape index (κ3) is 2.81. The molecule has 0 amide bonds. The molecule has 1 aromatic carbocycles. The zero-order valence-electron chi connectivity index (χ0n) is 10.6. The number of aromatic nitrogens is 2. The largest absolute Gasteiger partial charge is 0.425 e. The quantitative estimate of drug-likeness (QED) is 0.897. The molecule has 3 rings (SSSR count). The molecule has 100 valence electrons. The van der Waals surface area contributed by atoms with E-state index in [1.54, 1.807) is 12.1 Å². The first kappa shape index (κ1) is 12.3. The van der Waals surface area contributed by atoms with E-state index in [0.717, 1.165) is 24.3 Å². The van der Waals surface area contributed by atoms with Crippen LogP contribution in [0.3, 0.4) is 0 Å². The van der Waals surface area contributed by atoms with Gasteiger partial charge in [0.05, 0.1) is 5.92 Å². The number of halogens is 1. The van der Waals surface area contributed by atoms with Crippen LogP contribution in [-0.2, 0) is 6.42 Å². The van der Waals surface area contributed by atoms with Crippen LogP contribution in [-0.4, -0.2) is 16.7 Å². The summed E-state index contributed by atoms with van der Waals surface area (Å²) in [7, 11) is 0. The molecule has 4 nitrogen and oxygen atoms in total. The zero-order chi connectivity index (χ0) is 13.2. The fourth-order valence-electron chi connectivity index (χ4n) is 2.08. The van der Waals surface area contributed by atoms with Crippen molar-refractivity contribution in [3.8, 4) is 0 Å². The van der Waals surface area contributed by atoms with Gasteiger partial charge in [0, 0.05) is 12.5 Å². The smallest absolute Gasteiger partial charge is 0.221 e. The van der Waals surface area contributed by atoms with Gasteiger partial charge in [0.25, 0.3) is 0 Å². The first-order valence-electron chi connectivity index (χ1n) is 6.54. The van der Waals surface area contributed by atoms with Gasteiger partial charge < -0.3 is 10.2 Å². The molecular formula is C14H16FN3O. The van der Waals surface area contributed by atoms with Crippen molar-refractivity contribution in [2.45, 2.75) is 31.1 Å². The third-order valence-corrected chi connectivity index (χ3v) is 3.41. The number of nitrogens with zero attached hydrogens (tertiary/aromatic N) is 2. The van der Waals surface area contributed by atoms with Crippen molar-refractivity contribution in [2.75, 3.05) is 6.54 Å². The Morgan fingerprint density at radius 1 is 1.26 bits per heavy atom. The minimum Gasteiger partial charge on any atom is -0.425 e. The number of hydrogen-bond acceptors (Lipinski definition) is 4. The molecule has 2 aromatic rings. The Labute approximate surface area is 110 Å². The first-order valence-corrected chi connectivity index (χ1v) is 6.54. The molecule has 1 aliphatic rings. The molecule has 1 heterocycles. The van der Waals surface area contributed by atoms with Crippen LogP contribution in [0.25, 0.3) is 0 Å². The fourth-order valence-corrected chi connectivity index (χ4v) is 2.08. The van der Waals surface area contributed by atoms with Crippen molar-refractivity contribution in [3.05, 3.63) is 47.4 Å². The maximum Gasteiger partial charge on any atom is 0.221 e. The molecule has 1 unspecified atom stereocenters. The van der Waals surface area contributed by atoms with Crippen molar-refractivity contribution in [1.29, 1.82) is 0 Å². The van der Waals surface area contributed by atoms with E-state index in [1.165, 1.54) is 12.1 Å². The summed E-state index contributed by atoms with van der Waals surface area (Å²) in [5.41, 5.74) is 6.80. The van der Waals surface area contributed by atoms with Gasteiger partial charge in [0.2, 0.25) is 11.8 Å².